The molecule has 100 valence electrons. The molecule has 0 saturated carbocycles. The molecule has 0 spiro atoms. The summed E-state index contributed by atoms with van der Waals surface area (Å²) in [4.78, 5) is 15.3. The van der Waals surface area contributed by atoms with Gasteiger partial charge in [0.15, 0.2) is 0 Å². The largest absolute Gasteiger partial charge is 0.270 e. The summed E-state index contributed by atoms with van der Waals surface area (Å²) in [7, 11) is 0. The average molecular weight is 323 g/mol. The SMILES string of the molecule is CCCC(Br)Cc1ccc2cc([N+](=O)[O-])ccc2n1. The maximum atomic E-state index is 10.7. The highest BCUT2D eigenvalue weighted by molar-refractivity contribution is 9.09. The molecule has 1 aromatic carbocycles. The van der Waals surface area contributed by atoms with Crippen LogP contribution in [0.1, 0.15) is 25.5 Å². The van der Waals surface area contributed by atoms with Crippen LogP contribution >= 0.6 is 15.9 Å². The molecular formula is C14H15BrN2O2. The predicted molar refractivity (Wildman–Crippen MR) is 79.7 cm³/mol. The van der Waals surface area contributed by atoms with Gasteiger partial charge in [-0.2, -0.15) is 0 Å². The molecule has 0 fully saturated rings. The molecule has 1 aromatic heterocycles. The van der Waals surface area contributed by atoms with Crippen molar-refractivity contribution in [1.82, 2.24) is 4.98 Å². The van der Waals surface area contributed by atoms with Gasteiger partial charge in [-0.15, -0.1) is 0 Å². The van der Waals surface area contributed by atoms with Gasteiger partial charge in [0, 0.05) is 34.5 Å². The van der Waals surface area contributed by atoms with Crippen molar-refractivity contribution >= 4 is 32.5 Å². The van der Waals surface area contributed by atoms with Gasteiger partial charge in [0.2, 0.25) is 0 Å². The Morgan fingerprint density at radius 2 is 2.16 bits per heavy atom. The first-order valence-corrected chi connectivity index (χ1v) is 7.20. The van der Waals surface area contributed by atoms with Gasteiger partial charge in [0.1, 0.15) is 0 Å². The van der Waals surface area contributed by atoms with E-state index in [0.717, 1.165) is 35.9 Å². The van der Waals surface area contributed by atoms with Crippen LogP contribution in [0, 0.1) is 10.1 Å². The number of non-ortho nitro benzene ring substituents is 1. The van der Waals surface area contributed by atoms with Crippen LogP contribution in [0.5, 0.6) is 0 Å². The highest BCUT2D eigenvalue weighted by atomic mass is 79.9. The molecule has 0 radical (unpaired) electrons. The van der Waals surface area contributed by atoms with Crippen LogP contribution in [0.4, 0.5) is 5.69 Å². The smallest absolute Gasteiger partial charge is 0.258 e. The van der Waals surface area contributed by atoms with Gasteiger partial charge in [-0.3, -0.25) is 15.1 Å². The van der Waals surface area contributed by atoms with Gasteiger partial charge in [-0.25, -0.2) is 0 Å². The number of aromatic nitrogens is 1. The lowest BCUT2D eigenvalue weighted by atomic mass is 10.1. The van der Waals surface area contributed by atoms with Crippen molar-refractivity contribution in [3.8, 4) is 0 Å². The summed E-state index contributed by atoms with van der Waals surface area (Å²) in [6.07, 6.45) is 3.12. The number of hydrogen-bond donors (Lipinski definition) is 0. The van der Waals surface area contributed by atoms with E-state index in [1.54, 1.807) is 12.1 Å². The Hall–Kier alpha value is -1.49. The van der Waals surface area contributed by atoms with Crippen molar-refractivity contribution in [2.24, 2.45) is 0 Å². The maximum absolute atomic E-state index is 10.7. The second kappa shape index (κ2) is 6.10. The molecule has 0 N–H and O–H groups in total. The van der Waals surface area contributed by atoms with E-state index >= 15 is 0 Å². The van der Waals surface area contributed by atoms with Crippen LogP contribution in [0.15, 0.2) is 30.3 Å². The normalized spacial score (nSPS) is 12.5. The lowest BCUT2D eigenvalue weighted by Crippen LogP contribution is -2.03. The van der Waals surface area contributed by atoms with Crippen molar-refractivity contribution < 1.29 is 4.92 Å². The number of alkyl halides is 1. The fourth-order valence-corrected chi connectivity index (χ4v) is 2.81. The monoisotopic (exact) mass is 322 g/mol. The molecule has 19 heavy (non-hydrogen) atoms. The molecule has 0 saturated heterocycles. The zero-order chi connectivity index (χ0) is 13.8. The molecule has 0 aliphatic rings. The summed E-state index contributed by atoms with van der Waals surface area (Å²) in [6.45, 7) is 2.15. The topological polar surface area (TPSA) is 56.0 Å². The summed E-state index contributed by atoms with van der Waals surface area (Å²) >= 11 is 3.64. The highest BCUT2D eigenvalue weighted by Gasteiger charge is 2.09. The first-order chi connectivity index (χ1) is 9.10. The fourth-order valence-electron chi connectivity index (χ4n) is 2.02. The lowest BCUT2D eigenvalue weighted by Gasteiger charge is -2.08. The summed E-state index contributed by atoms with van der Waals surface area (Å²) in [5.41, 5.74) is 1.92. The molecular weight excluding hydrogens is 308 g/mol. The lowest BCUT2D eigenvalue weighted by molar-refractivity contribution is -0.384. The Morgan fingerprint density at radius 1 is 1.37 bits per heavy atom. The number of nitro groups is 1. The Morgan fingerprint density at radius 3 is 2.84 bits per heavy atom. The number of fused-ring (bicyclic) bond motifs is 1. The first-order valence-electron chi connectivity index (χ1n) is 6.28. The summed E-state index contributed by atoms with van der Waals surface area (Å²) < 4.78 is 0. The molecule has 0 aliphatic carbocycles. The summed E-state index contributed by atoms with van der Waals surface area (Å²) in [5.74, 6) is 0. The molecule has 1 unspecified atom stereocenters. The molecule has 5 heteroatoms. The third-order valence-corrected chi connectivity index (χ3v) is 3.76. The standard InChI is InChI=1S/C14H15BrN2O2/c1-2-3-11(15)9-12-5-4-10-8-13(17(18)19)6-7-14(10)16-12/h4-8,11H,2-3,9H2,1H3. The van der Waals surface area contributed by atoms with Gasteiger partial charge in [-0.05, 0) is 18.6 Å². The molecule has 2 rings (SSSR count). The van der Waals surface area contributed by atoms with Crippen LogP contribution in [0.3, 0.4) is 0 Å². The van der Waals surface area contributed by atoms with E-state index < -0.39 is 0 Å². The minimum absolute atomic E-state index is 0.103. The fraction of sp³-hybridized carbons (Fsp3) is 0.357. The maximum Gasteiger partial charge on any atom is 0.270 e. The number of hydrogen-bond acceptors (Lipinski definition) is 3. The van der Waals surface area contributed by atoms with Crippen molar-refractivity contribution in [3.63, 3.8) is 0 Å². The third kappa shape index (κ3) is 3.50. The number of benzene rings is 1. The van der Waals surface area contributed by atoms with Crippen LogP contribution in [-0.4, -0.2) is 14.7 Å². The van der Waals surface area contributed by atoms with Crippen LogP contribution in [0.25, 0.3) is 10.9 Å². The summed E-state index contributed by atoms with van der Waals surface area (Å²) in [6, 6.07) is 8.60. The van der Waals surface area contributed by atoms with Crippen molar-refractivity contribution in [3.05, 3.63) is 46.1 Å². The number of pyridine rings is 1. The van der Waals surface area contributed by atoms with E-state index in [0.29, 0.717) is 4.83 Å². The Bertz CT molecular complexity index is 601. The zero-order valence-electron chi connectivity index (χ0n) is 10.7. The molecule has 0 aliphatic heterocycles. The molecule has 2 aromatic rings. The van der Waals surface area contributed by atoms with Crippen LogP contribution in [-0.2, 0) is 6.42 Å². The number of halogens is 1. The van der Waals surface area contributed by atoms with Gasteiger partial charge in [-0.1, -0.05) is 35.3 Å². The van der Waals surface area contributed by atoms with E-state index in [1.807, 2.05) is 12.1 Å². The molecule has 1 atom stereocenters. The molecule has 4 nitrogen and oxygen atoms in total. The minimum Gasteiger partial charge on any atom is -0.258 e. The third-order valence-electron chi connectivity index (χ3n) is 2.97. The zero-order valence-corrected chi connectivity index (χ0v) is 12.3. The second-order valence-corrected chi connectivity index (χ2v) is 5.82. The van der Waals surface area contributed by atoms with Gasteiger partial charge in [0.05, 0.1) is 10.4 Å². The first kappa shape index (κ1) is 13.9. The van der Waals surface area contributed by atoms with Gasteiger partial charge in [0.25, 0.3) is 5.69 Å². The summed E-state index contributed by atoms with van der Waals surface area (Å²) in [5, 5.41) is 11.5. The average Bonchev–Trinajstić information content (AvgIpc) is 2.38. The number of nitrogens with zero attached hydrogens (tertiary/aromatic N) is 2. The number of nitro benzene ring substituents is 1. The molecule has 0 amide bonds. The second-order valence-electron chi connectivity index (χ2n) is 4.53. The van der Waals surface area contributed by atoms with E-state index in [-0.39, 0.29) is 10.6 Å². The van der Waals surface area contributed by atoms with E-state index in [1.165, 1.54) is 6.07 Å². The quantitative estimate of drug-likeness (QED) is 0.469. The minimum atomic E-state index is -0.386. The van der Waals surface area contributed by atoms with Gasteiger partial charge >= 0.3 is 0 Å². The van der Waals surface area contributed by atoms with E-state index in [2.05, 4.69) is 27.8 Å². The number of rotatable bonds is 5. The van der Waals surface area contributed by atoms with Crippen molar-refractivity contribution in [1.29, 1.82) is 0 Å². The molecule has 0 bridgehead atoms. The van der Waals surface area contributed by atoms with E-state index in [4.69, 9.17) is 0 Å². The predicted octanol–water partition coefficient (Wildman–Crippen LogP) is 4.25. The highest BCUT2D eigenvalue weighted by Crippen LogP contribution is 2.21. The Kier molecular flexibility index (Phi) is 4.47. The van der Waals surface area contributed by atoms with E-state index in [9.17, 15) is 10.1 Å². The van der Waals surface area contributed by atoms with Crippen LogP contribution < -0.4 is 0 Å². The Balaban J connectivity index is 2.26. The van der Waals surface area contributed by atoms with Crippen molar-refractivity contribution in [2.45, 2.75) is 31.0 Å². The Labute approximate surface area is 120 Å². The molecule has 1 heterocycles. The van der Waals surface area contributed by atoms with Crippen molar-refractivity contribution in [2.75, 3.05) is 0 Å². The van der Waals surface area contributed by atoms with Gasteiger partial charge < -0.3 is 0 Å². The van der Waals surface area contributed by atoms with Crippen LogP contribution in [0.2, 0.25) is 0 Å².